The smallest absolute Gasteiger partial charge is 0.251 e. The van der Waals surface area contributed by atoms with Gasteiger partial charge in [-0.3, -0.25) is 9.00 Å². The van der Waals surface area contributed by atoms with E-state index < -0.39 is 10.8 Å². The van der Waals surface area contributed by atoms with Crippen LogP contribution in [0, 0.1) is 0 Å². The summed E-state index contributed by atoms with van der Waals surface area (Å²) < 4.78 is 17.5. The lowest BCUT2D eigenvalue weighted by Gasteiger charge is -2.18. The van der Waals surface area contributed by atoms with Crippen molar-refractivity contribution in [2.24, 2.45) is 0 Å². The van der Waals surface area contributed by atoms with Gasteiger partial charge >= 0.3 is 0 Å². The quantitative estimate of drug-likeness (QED) is 0.618. The van der Waals surface area contributed by atoms with Crippen molar-refractivity contribution >= 4 is 28.0 Å². The number of thiophene rings is 1. The number of hydrogen-bond acceptors (Lipinski definition) is 4. The Morgan fingerprint density at radius 2 is 1.93 bits per heavy atom. The molecule has 4 nitrogen and oxygen atoms in total. The van der Waals surface area contributed by atoms with Crippen LogP contribution in [-0.2, 0) is 17.4 Å². The molecule has 0 aliphatic heterocycles. The van der Waals surface area contributed by atoms with Crippen LogP contribution < -0.4 is 10.1 Å². The van der Waals surface area contributed by atoms with Crippen LogP contribution in [0.2, 0.25) is 0 Å². The van der Waals surface area contributed by atoms with E-state index in [1.165, 1.54) is 0 Å². The van der Waals surface area contributed by atoms with Gasteiger partial charge in [-0.25, -0.2) is 0 Å². The molecule has 0 saturated carbocycles. The first-order chi connectivity index (χ1) is 13.1. The van der Waals surface area contributed by atoms with Gasteiger partial charge < -0.3 is 10.1 Å². The molecule has 0 aliphatic rings. The Morgan fingerprint density at radius 1 is 1.11 bits per heavy atom. The molecule has 2 atom stereocenters. The second kappa shape index (κ2) is 9.48. The third-order valence-electron chi connectivity index (χ3n) is 3.97. The highest BCUT2D eigenvalue weighted by molar-refractivity contribution is 7.84. The minimum atomic E-state index is -1.03. The van der Waals surface area contributed by atoms with Crippen molar-refractivity contribution < 1.29 is 13.7 Å². The third kappa shape index (κ3) is 5.77. The molecular formula is C21H21NO3S2. The van der Waals surface area contributed by atoms with Crippen LogP contribution in [0.5, 0.6) is 5.75 Å². The molecule has 0 bridgehead atoms. The molecule has 0 radical (unpaired) electrons. The summed E-state index contributed by atoms with van der Waals surface area (Å²) in [6.07, 6.45) is 1.64. The van der Waals surface area contributed by atoms with Crippen molar-refractivity contribution in [3.05, 3.63) is 88.1 Å². The van der Waals surface area contributed by atoms with Gasteiger partial charge in [0.15, 0.2) is 0 Å². The van der Waals surface area contributed by atoms with E-state index in [0.717, 1.165) is 10.4 Å². The minimum Gasteiger partial charge on any atom is -0.488 e. The highest BCUT2D eigenvalue weighted by Crippen LogP contribution is 2.19. The maximum atomic E-state index is 12.7. The van der Waals surface area contributed by atoms with Gasteiger partial charge in [0.1, 0.15) is 12.4 Å². The van der Waals surface area contributed by atoms with Crippen LogP contribution in [0.3, 0.4) is 0 Å². The van der Waals surface area contributed by atoms with Gasteiger partial charge in [0, 0.05) is 33.2 Å². The molecule has 0 saturated heterocycles. The van der Waals surface area contributed by atoms with Crippen molar-refractivity contribution in [3.8, 4) is 5.75 Å². The average Bonchev–Trinajstić information content (AvgIpc) is 3.20. The molecule has 2 aromatic carbocycles. The van der Waals surface area contributed by atoms with Crippen LogP contribution in [0.1, 0.15) is 26.8 Å². The first kappa shape index (κ1) is 19.3. The fraction of sp³-hybridized carbons (Fsp3) is 0.190. The van der Waals surface area contributed by atoms with Crippen molar-refractivity contribution in [3.63, 3.8) is 0 Å². The van der Waals surface area contributed by atoms with Crippen LogP contribution in [-0.4, -0.2) is 22.1 Å². The van der Waals surface area contributed by atoms with E-state index in [9.17, 15) is 9.00 Å². The molecule has 1 aromatic heterocycles. The topological polar surface area (TPSA) is 55.4 Å². The highest BCUT2D eigenvalue weighted by Gasteiger charge is 2.17. The van der Waals surface area contributed by atoms with E-state index in [1.54, 1.807) is 35.8 Å². The Labute approximate surface area is 165 Å². The molecule has 1 N–H and O–H groups in total. The van der Waals surface area contributed by atoms with Crippen LogP contribution in [0.25, 0.3) is 0 Å². The summed E-state index contributed by atoms with van der Waals surface area (Å²) in [6, 6.07) is 20.4. The van der Waals surface area contributed by atoms with E-state index in [2.05, 4.69) is 5.32 Å². The first-order valence-electron chi connectivity index (χ1n) is 8.53. The Kier molecular flexibility index (Phi) is 6.79. The molecule has 1 amide bonds. The summed E-state index contributed by atoms with van der Waals surface area (Å²) in [5.74, 6) is 0.798. The lowest BCUT2D eigenvalue weighted by Crippen LogP contribution is -2.31. The molecule has 3 rings (SSSR count). The first-order valence-corrected chi connectivity index (χ1v) is 11.1. The summed E-state index contributed by atoms with van der Waals surface area (Å²) in [5.41, 5.74) is 1.45. The second-order valence-electron chi connectivity index (χ2n) is 6.07. The zero-order chi connectivity index (χ0) is 19.1. The molecule has 0 spiro atoms. The third-order valence-corrected chi connectivity index (χ3v) is 5.62. The van der Waals surface area contributed by atoms with Gasteiger partial charge in [0.05, 0.1) is 6.04 Å². The van der Waals surface area contributed by atoms with Gasteiger partial charge in [0.25, 0.3) is 5.91 Å². The number of rotatable bonds is 8. The largest absolute Gasteiger partial charge is 0.488 e. The van der Waals surface area contributed by atoms with E-state index >= 15 is 0 Å². The van der Waals surface area contributed by atoms with E-state index in [0.29, 0.717) is 23.7 Å². The van der Waals surface area contributed by atoms with Crippen LogP contribution >= 0.6 is 11.3 Å². The number of amides is 1. The lowest BCUT2D eigenvalue weighted by atomic mass is 10.1. The summed E-state index contributed by atoms with van der Waals surface area (Å²) in [4.78, 5) is 13.9. The van der Waals surface area contributed by atoms with Crippen molar-refractivity contribution in [2.75, 3.05) is 12.0 Å². The van der Waals surface area contributed by atoms with Gasteiger partial charge in [-0.05, 0) is 35.2 Å². The zero-order valence-corrected chi connectivity index (χ0v) is 16.6. The highest BCUT2D eigenvalue weighted by atomic mass is 32.2. The Balaban J connectivity index is 1.70. The van der Waals surface area contributed by atoms with Crippen molar-refractivity contribution in [2.45, 2.75) is 12.6 Å². The summed E-state index contributed by atoms with van der Waals surface area (Å²) in [7, 11) is -1.03. The van der Waals surface area contributed by atoms with Crippen LogP contribution in [0.4, 0.5) is 0 Å². The van der Waals surface area contributed by atoms with Gasteiger partial charge in [-0.1, -0.05) is 42.5 Å². The maximum absolute atomic E-state index is 12.7. The molecule has 27 heavy (non-hydrogen) atoms. The molecule has 0 unspecified atom stereocenters. The molecular weight excluding hydrogens is 378 g/mol. The van der Waals surface area contributed by atoms with E-state index in [4.69, 9.17) is 4.74 Å². The van der Waals surface area contributed by atoms with Gasteiger partial charge in [-0.15, -0.1) is 11.3 Å². The summed E-state index contributed by atoms with van der Waals surface area (Å²) in [6.45, 7) is 0.476. The fourth-order valence-electron chi connectivity index (χ4n) is 2.66. The monoisotopic (exact) mass is 399 g/mol. The zero-order valence-electron chi connectivity index (χ0n) is 15.0. The van der Waals surface area contributed by atoms with Gasteiger partial charge in [0.2, 0.25) is 0 Å². The second-order valence-corrected chi connectivity index (χ2v) is 8.58. The molecule has 1 heterocycles. The molecule has 3 aromatic rings. The molecule has 0 fully saturated rings. The Morgan fingerprint density at radius 3 is 2.63 bits per heavy atom. The SMILES string of the molecule is C[S@](=O)C[C@@H](NC(=O)c1cccc(OCc2cccs2)c1)c1ccccc1. The van der Waals surface area contributed by atoms with Gasteiger partial charge in [-0.2, -0.15) is 0 Å². The van der Waals surface area contributed by atoms with Crippen molar-refractivity contribution in [1.29, 1.82) is 0 Å². The lowest BCUT2D eigenvalue weighted by molar-refractivity contribution is 0.0940. The number of hydrogen-bond donors (Lipinski definition) is 1. The Hall–Kier alpha value is -2.44. The fourth-order valence-corrected chi connectivity index (χ4v) is 4.02. The van der Waals surface area contributed by atoms with E-state index in [1.807, 2.05) is 53.9 Å². The summed E-state index contributed by atoms with van der Waals surface area (Å²) >= 11 is 1.63. The van der Waals surface area contributed by atoms with E-state index in [-0.39, 0.29) is 11.9 Å². The Bertz CT molecular complexity index is 895. The molecule has 0 aliphatic carbocycles. The normalized spacial score (nSPS) is 12.9. The number of carbonyl (C=O) groups excluding carboxylic acids is 1. The number of benzene rings is 2. The van der Waals surface area contributed by atoms with Crippen molar-refractivity contribution in [1.82, 2.24) is 5.32 Å². The molecule has 6 heteroatoms. The predicted molar refractivity (Wildman–Crippen MR) is 111 cm³/mol. The number of ether oxygens (including phenoxy) is 1. The summed E-state index contributed by atoms with van der Waals surface area (Å²) in [5, 5.41) is 5.00. The minimum absolute atomic E-state index is 0.212. The predicted octanol–water partition coefficient (Wildman–Crippen LogP) is 4.18. The maximum Gasteiger partial charge on any atom is 0.251 e. The molecule has 140 valence electrons. The number of nitrogens with one attached hydrogen (secondary N) is 1. The average molecular weight is 400 g/mol. The standard InChI is InChI=1S/C21H21NO3S2/c1-27(24)15-20(16-7-3-2-4-8-16)22-21(23)17-9-5-10-18(13-17)25-14-19-11-6-12-26-19/h2-13,20H,14-15H2,1H3,(H,22,23)/t20-,27+/m1/s1. The number of carbonyl (C=O) groups is 1. The van der Waals surface area contributed by atoms with Crippen LogP contribution in [0.15, 0.2) is 72.1 Å².